The molecule has 0 N–H and O–H groups in total. The molecule has 0 saturated carbocycles. The first-order valence-corrected chi connectivity index (χ1v) is 9.59. The highest BCUT2D eigenvalue weighted by molar-refractivity contribution is 5.81. The molecule has 0 radical (unpaired) electrons. The molecule has 144 valence electrons. The first-order valence-electron chi connectivity index (χ1n) is 9.59. The van der Waals surface area contributed by atoms with E-state index in [0.717, 1.165) is 18.4 Å². The van der Waals surface area contributed by atoms with E-state index in [1.165, 1.54) is 6.20 Å². The van der Waals surface area contributed by atoms with Crippen LogP contribution in [0, 0.1) is 0 Å². The van der Waals surface area contributed by atoms with E-state index in [2.05, 4.69) is 17.2 Å². The smallest absolute Gasteiger partial charge is 0.244 e. The number of fused-ring (bicyclic) bond motifs is 1. The minimum atomic E-state index is -0.129. The van der Waals surface area contributed by atoms with Crippen LogP contribution in [-0.2, 0) is 22.7 Å². The van der Waals surface area contributed by atoms with Crippen molar-refractivity contribution in [1.82, 2.24) is 14.7 Å². The molecule has 1 amide bonds. The zero-order valence-corrected chi connectivity index (χ0v) is 15.7. The van der Waals surface area contributed by atoms with Crippen molar-refractivity contribution in [1.29, 1.82) is 0 Å². The van der Waals surface area contributed by atoms with Crippen molar-refractivity contribution >= 4 is 16.8 Å². The number of carbonyl (C=O) groups is 1. The highest BCUT2D eigenvalue weighted by Crippen LogP contribution is 2.17. The Hall–Kier alpha value is -2.99. The summed E-state index contributed by atoms with van der Waals surface area (Å²) in [5, 5.41) is 4.73. The van der Waals surface area contributed by atoms with Crippen LogP contribution in [0.25, 0.3) is 10.9 Å². The van der Waals surface area contributed by atoms with E-state index in [1.54, 1.807) is 10.7 Å². The van der Waals surface area contributed by atoms with Gasteiger partial charge in [-0.1, -0.05) is 42.5 Å². The SMILES string of the molecule is O=C(Cn1ncc(=O)c2ccccc21)N1CCC(OCc2ccccc2)CC1. The van der Waals surface area contributed by atoms with Crippen LogP contribution in [0.5, 0.6) is 0 Å². The molecule has 1 aliphatic rings. The fourth-order valence-corrected chi connectivity index (χ4v) is 3.58. The van der Waals surface area contributed by atoms with E-state index in [1.807, 2.05) is 41.3 Å². The molecule has 28 heavy (non-hydrogen) atoms. The predicted octanol–water partition coefficient (Wildman–Crippen LogP) is 2.60. The quantitative estimate of drug-likeness (QED) is 0.686. The predicted molar refractivity (Wildman–Crippen MR) is 107 cm³/mol. The van der Waals surface area contributed by atoms with Gasteiger partial charge >= 0.3 is 0 Å². The molecule has 0 unspecified atom stereocenters. The summed E-state index contributed by atoms with van der Waals surface area (Å²) in [5.74, 6) is 0.0165. The number of hydrogen-bond acceptors (Lipinski definition) is 4. The van der Waals surface area contributed by atoms with Crippen LogP contribution in [0.2, 0.25) is 0 Å². The van der Waals surface area contributed by atoms with Crippen LogP contribution < -0.4 is 5.43 Å². The summed E-state index contributed by atoms with van der Waals surface area (Å²) in [4.78, 5) is 26.5. The maximum Gasteiger partial charge on any atom is 0.244 e. The average Bonchev–Trinajstić information content (AvgIpc) is 2.75. The van der Waals surface area contributed by atoms with E-state index >= 15 is 0 Å². The number of hydrogen-bond donors (Lipinski definition) is 0. The first kappa shape index (κ1) is 18.4. The van der Waals surface area contributed by atoms with Crippen LogP contribution in [0.4, 0.5) is 0 Å². The lowest BCUT2D eigenvalue weighted by Crippen LogP contribution is -2.42. The van der Waals surface area contributed by atoms with Crippen molar-refractivity contribution in [2.24, 2.45) is 0 Å². The number of aromatic nitrogens is 2. The molecule has 2 heterocycles. The zero-order valence-electron chi connectivity index (χ0n) is 15.7. The molecule has 3 aromatic rings. The molecule has 1 fully saturated rings. The summed E-state index contributed by atoms with van der Waals surface area (Å²) in [5.41, 5.74) is 1.72. The molecular weight excluding hydrogens is 354 g/mol. The van der Waals surface area contributed by atoms with E-state index in [9.17, 15) is 9.59 Å². The van der Waals surface area contributed by atoms with Gasteiger partial charge in [-0.15, -0.1) is 0 Å². The number of ether oxygens (including phenoxy) is 1. The molecular formula is C22H23N3O3. The third-order valence-electron chi connectivity index (χ3n) is 5.17. The second kappa shape index (κ2) is 8.35. The van der Waals surface area contributed by atoms with Gasteiger partial charge in [0.15, 0.2) is 0 Å². The third kappa shape index (κ3) is 4.12. The second-order valence-corrected chi connectivity index (χ2v) is 7.06. The maximum atomic E-state index is 12.7. The molecule has 0 atom stereocenters. The van der Waals surface area contributed by atoms with Crippen molar-refractivity contribution in [3.05, 3.63) is 76.6 Å². The van der Waals surface area contributed by atoms with Gasteiger partial charge in [0.1, 0.15) is 6.54 Å². The summed E-state index contributed by atoms with van der Waals surface area (Å²) in [7, 11) is 0. The standard InChI is InChI=1S/C22H23N3O3/c26-21-14-23-25(20-9-5-4-8-19(20)21)15-22(27)24-12-10-18(11-13-24)28-16-17-6-2-1-3-7-17/h1-9,14,18H,10-13,15-16H2. The van der Waals surface area contributed by atoms with Gasteiger partial charge in [-0.2, -0.15) is 5.10 Å². The van der Waals surface area contributed by atoms with Crippen LogP contribution in [0.3, 0.4) is 0 Å². The Kier molecular flexibility index (Phi) is 5.48. The lowest BCUT2D eigenvalue weighted by molar-refractivity contribution is -0.134. The monoisotopic (exact) mass is 377 g/mol. The largest absolute Gasteiger partial charge is 0.373 e. The van der Waals surface area contributed by atoms with Crippen molar-refractivity contribution in [3.63, 3.8) is 0 Å². The lowest BCUT2D eigenvalue weighted by Gasteiger charge is -2.32. The fourth-order valence-electron chi connectivity index (χ4n) is 3.58. The number of amides is 1. The molecule has 1 aromatic heterocycles. The summed E-state index contributed by atoms with van der Waals surface area (Å²) in [6.45, 7) is 2.09. The van der Waals surface area contributed by atoms with E-state index in [0.29, 0.717) is 30.6 Å². The molecule has 4 rings (SSSR count). The fraction of sp³-hybridized carbons (Fsp3) is 0.318. The maximum absolute atomic E-state index is 12.7. The van der Waals surface area contributed by atoms with Gasteiger partial charge in [0.25, 0.3) is 0 Å². The molecule has 1 aliphatic heterocycles. The number of likely N-dealkylation sites (tertiary alicyclic amines) is 1. The summed E-state index contributed by atoms with van der Waals surface area (Å²) in [6, 6.07) is 17.4. The number of benzene rings is 2. The summed E-state index contributed by atoms with van der Waals surface area (Å²) in [6.07, 6.45) is 3.11. The van der Waals surface area contributed by atoms with Gasteiger partial charge in [0.2, 0.25) is 11.3 Å². The molecule has 0 bridgehead atoms. The Morgan fingerprint density at radius 2 is 1.75 bits per heavy atom. The first-order chi connectivity index (χ1) is 13.7. The topological polar surface area (TPSA) is 64.4 Å². The van der Waals surface area contributed by atoms with Gasteiger partial charge in [-0.3, -0.25) is 14.3 Å². The van der Waals surface area contributed by atoms with Crippen molar-refractivity contribution in [2.75, 3.05) is 13.1 Å². The molecule has 0 spiro atoms. The molecule has 1 saturated heterocycles. The Morgan fingerprint density at radius 3 is 2.54 bits per heavy atom. The Morgan fingerprint density at radius 1 is 1.04 bits per heavy atom. The average molecular weight is 377 g/mol. The summed E-state index contributed by atoms with van der Waals surface area (Å²) >= 11 is 0. The van der Waals surface area contributed by atoms with Crippen molar-refractivity contribution in [2.45, 2.75) is 32.1 Å². The van der Waals surface area contributed by atoms with Crippen molar-refractivity contribution in [3.8, 4) is 0 Å². The van der Waals surface area contributed by atoms with Gasteiger partial charge in [-0.25, -0.2) is 0 Å². The number of nitrogens with zero attached hydrogens (tertiary/aromatic N) is 3. The zero-order chi connectivity index (χ0) is 19.3. The van der Waals surface area contributed by atoms with Crippen molar-refractivity contribution < 1.29 is 9.53 Å². The molecule has 6 nitrogen and oxygen atoms in total. The van der Waals surface area contributed by atoms with Gasteiger partial charge in [0.05, 0.1) is 24.4 Å². The molecule has 0 aliphatic carbocycles. The molecule has 2 aromatic carbocycles. The Labute approximate surface area is 163 Å². The van der Waals surface area contributed by atoms with Gasteiger partial charge < -0.3 is 9.64 Å². The minimum absolute atomic E-state index is 0.0165. The third-order valence-corrected chi connectivity index (χ3v) is 5.17. The second-order valence-electron chi connectivity index (χ2n) is 7.06. The Balaban J connectivity index is 1.33. The van der Waals surface area contributed by atoms with E-state index < -0.39 is 0 Å². The normalized spacial score (nSPS) is 15.1. The molecule has 6 heteroatoms. The van der Waals surface area contributed by atoms with E-state index in [4.69, 9.17) is 4.74 Å². The number of carbonyl (C=O) groups excluding carboxylic acids is 1. The van der Waals surface area contributed by atoms with Crippen LogP contribution in [-0.4, -0.2) is 39.8 Å². The van der Waals surface area contributed by atoms with Gasteiger partial charge in [0, 0.05) is 18.5 Å². The highest BCUT2D eigenvalue weighted by atomic mass is 16.5. The van der Waals surface area contributed by atoms with Gasteiger partial charge in [-0.05, 0) is 30.5 Å². The van der Waals surface area contributed by atoms with Crippen LogP contribution in [0.15, 0.2) is 65.6 Å². The highest BCUT2D eigenvalue weighted by Gasteiger charge is 2.23. The number of para-hydroxylation sites is 1. The number of piperidine rings is 1. The van der Waals surface area contributed by atoms with Crippen LogP contribution >= 0.6 is 0 Å². The van der Waals surface area contributed by atoms with Crippen LogP contribution in [0.1, 0.15) is 18.4 Å². The minimum Gasteiger partial charge on any atom is -0.373 e. The number of rotatable bonds is 5. The summed E-state index contributed by atoms with van der Waals surface area (Å²) < 4.78 is 7.60. The lowest BCUT2D eigenvalue weighted by atomic mass is 10.1. The van der Waals surface area contributed by atoms with E-state index in [-0.39, 0.29) is 24.0 Å². The Bertz CT molecular complexity index is 1010.